The molecule has 11 heteroatoms. The van der Waals surface area contributed by atoms with Gasteiger partial charge in [-0.15, -0.1) is 0 Å². The molecule has 1 heterocycles. The maximum atomic E-state index is 14.5. The van der Waals surface area contributed by atoms with Gasteiger partial charge in [0.25, 0.3) is 0 Å². The molecule has 0 aliphatic heterocycles. The van der Waals surface area contributed by atoms with Crippen LogP contribution in [0.25, 0.3) is 0 Å². The van der Waals surface area contributed by atoms with E-state index in [1.54, 1.807) is 26.2 Å². The van der Waals surface area contributed by atoms with Crippen molar-refractivity contribution in [2.75, 3.05) is 5.32 Å². The lowest BCUT2D eigenvalue weighted by molar-refractivity contribution is 0.0373. The first-order valence-corrected chi connectivity index (χ1v) is 12.4. The van der Waals surface area contributed by atoms with Gasteiger partial charge in [-0.2, -0.15) is 0 Å². The molecular formula is C22H28FN5O4S. The summed E-state index contributed by atoms with van der Waals surface area (Å²) >= 11 is 0. The number of ether oxygens (including phenoxy) is 1. The van der Waals surface area contributed by atoms with Gasteiger partial charge in [-0.25, -0.2) is 32.3 Å². The summed E-state index contributed by atoms with van der Waals surface area (Å²) in [6, 6.07) is 3.31. The predicted octanol–water partition coefficient (Wildman–Crippen LogP) is 3.57. The maximum absolute atomic E-state index is 14.5. The van der Waals surface area contributed by atoms with Gasteiger partial charge in [0.2, 0.25) is 16.0 Å². The summed E-state index contributed by atoms with van der Waals surface area (Å²) in [7, 11) is -3.79. The number of carbonyl (C=O) groups excluding carboxylic acids is 1. The Morgan fingerprint density at radius 3 is 2.45 bits per heavy atom. The Balaban J connectivity index is 1.31. The molecule has 2 aromatic rings. The van der Waals surface area contributed by atoms with E-state index in [9.17, 15) is 17.6 Å². The zero-order valence-electron chi connectivity index (χ0n) is 18.8. The number of hydrogen-bond donors (Lipinski definition) is 3. The molecule has 0 saturated heterocycles. The quantitative estimate of drug-likeness (QED) is 0.531. The molecule has 9 nitrogen and oxygen atoms in total. The molecule has 4 rings (SSSR count). The highest BCUT2D eigenvalue weighted by molar-refractivity contribution is 7.89. The highest BCUT2D eigenvalue weighted by Gasteiger charge is 2.41. The largest absolute Gasteiger partial charge is 0.446 e. The second kappa shape index (κ2) is 8.86. The number of anilines is 2. The molecule has 1 aromatic carbocycles. The Kier molecular flexibility index (Phi) is 6.28. The van der Waals surface area contributed by atoms with E-state index in [2.05, 4.69) is 25.3 Å². The van der Waals surface area contributed by atoms with E-state index >= 15 is 0 Å². The van der Waals surface area contributed by atoms with E-state index in [0.717, 1.165) is 24.5 Å². The molecule has 2 fully saturated rings. The zero-order valence-corrected chi connectivity index (χ0v) is 19.6. The Morgan fingerprint density at radius 2 is 1.88 bits per heavy atom. The number of benzene rings is 1. The minimum absolute atomic E-state index is 0.0683. The van der Waals surface area contributed by atoms with Crippen LogP contribution in [0.1, 0.15) is 57.9 Å². The van der Waals surface area contributed by atoms with E-state index < -0.39 is 15.8 Å². The average molecular weight is 478 g/mol. The van der Waals surface area contributed by atoms with Crippen LogP contribution in [0.15, 0.2) is 35.5 Å². The number of amides is 1. The van der Waals surface area contributed by atoms with E-state index in [1.165, 1.54) is 12.1 Å². The molecule has 0 spiro atoms. The van der Waals surface area contributed by atoms with Crippen molar-refractivity contribution in [3.63, 3.8) is 0 Å². The number of nitrogens with one attached hydrogen (secondary N) is 3. The Labute approximate surface area is 192 Å². The van der Waals surface area contributed by atoms with Gasteiger partial charge in [-0.1, -0.05) is 0 Å². The lowest BCUT2D eigenvalue weighted by atomic mass is 9.78. The van der Waals surface area contributed by atoms with Gasteiger partial charge in [0, 0.05) is 24.0 Å². The van der Waals surface area contributed by atoms with E-state index in [1.807, 2.05) is 6.92 Å². The normalized spacial score (nSPS) is 21.2. The lowest BCUT2D eigenvalue weighted by Crippen LogP contribution is -2.40. The van der Waals surface area contributed by atoms with Gasteiger partial charge >= 0.3 is 6.09 Å². The van der Waals surface area contributed by atoms with Crippen LogP contribution in [0.3, 0.4) is 0 Å². The molecule has 0 bridgehead atoms. The third-order valence-corrected chi connectivity index (χ3v) is 7.46. The van der Waals surface area contributed by atoms with Crippen molar-refractivity contribution in [1.29, 1.82) is 0 Å². The van der Waals surface area contributed by atoms with Gasteiger partial charge in [0.05, 0.1) is 10.6 Å². The Hall–Kier alpha value is -2.79. The fourth-order valence-electron chi connectivity index (χ4n) is 3.55. The summed E-state index contributed by atoms with van der Waals surface area (Å²) in [6.45, 7) is 5.37. The van der Waals surface area contributed by atoms with Crippen LogP contribution < -0.4 is 15.4 Å². The number of sulfonamides is 1. The summed E-state index contributed by atoms with van der Waals surface area (Å²) in [5.41, 5.74) is 0.881. The van der Waals surface area contributed by atoms with Crippen LogP contribution in [-0.4, -0.2) is 42.2 Å². The van der Waals surface area contributed by atoms with Crippen molar-refractivity contribution in [2.24, 2.45) is 0 Å². The fraction of sp³-hybridized carbons (Fsp3) is 0.500. The first-order valence-electron chi connectivity index (χ1n) is 10.9. The monoisotopic (exact) mass is 477 g/mol. The second-order valence-electron chi connectivity index (χ2n) is 9.26. The zero-order chi connectivity index (χ0) is 23.8. The number of alkyl carbamates (subject to hydrolysis) is 1. The highest BCUT2D eigenvalue weighted by Crippen LogP contribution is 2.39. The molecular weight excluding hydrogens is 449 g/mol. The lowest BCUT2D eigenvalue weighted by Gasteiger charge is -2.34. The number of rotatable bonds is 8. The number of halogens is 1. The van der Waals surface area contributed by atoms with E-state index in [-0.39, 0.29) is 46.2 Å². The molecule has 33 heavy (non-hydrogen) atoms. The summed E-state index contributed by atoms with van der Waals surface area (Å²) < 4.78 is 46.7. The Bertz CT molecular complexity index is 1130. The van der Waals surface area contributed by atoms with Crippen molar-refractivity contribution < 1.29 is 22.3 Å². The molecule has 1 aromatic heterocycles. The number of hydrogen-bond acceptors (Lipinski definition) is 7. The van der Waals surface area contributed by atoms with Crippen LogP contribution in [0.2, 0.25) is 0 Å². The molecule has 178 valence electrons. The van der Waals surface area contributed by atoms with Crippen molar-refractivity contribution in [2.45, 2.75) is 75.0 Å². The standard InChI is InChI=1S/C22H28FN5O4S/c1-13(2)28-33(30,31)17-4-5-19(18(23)10-17)26-20-24-11-15(12-25-20)14-8-16(9-14)32-21(29)27-22(3)6-7-22/h4-5,10-14,16,28H,6-9H2,1-3H3,(H,27,29)(H,24,25,26)/t14-,16+. The average Bonchev–Trinajstić information content (AvgIpc) is 3.42. The Morgan fingerprint density at radius 1 is 1.21 bits per heavy atom. The topological polar surface area (TPSA) is 122 Å². The summed E-state index contributed by atoms with van der Waals surface area (Å²) in [5.74, 6) is -0.340. The minimum Gasteiger partial charge on any atom is -0.446 e. The molecule has 2 saturated carbocycles. The van der Waals surface area contributed by atoms with Crippen LogP contribution in [0.5, 0.6) is 0 Å². The maximum Gasteiger partial charge on any atom is 0.407 e. The second-order valence-corrected chi connectivity index (χ2v) is 11.0. The molecule has 3 N–H and O–H groups in total. The van der Waals surface area contributed by atoms with Gasteiger partial charge < -0.3 is 15.4 Å². The van der Waals surface area contributed by atoms with E-state index in [4.69, 9.17) is 4.74 Å². The molecule has 2 aliphatic carbocycles. The summed E-state index contributed by atoms with van der Waals surface area (Å²) in [4.78, 5) is 20.2. The number of aromatic nitrogens is 2. The third-order valence-electron chi connectivity index (χ3n) is 5.80. The van der Waals surface area contributed by atoms with Crippen LogP contribution in [0, 0.1) is 5.82 Å². The van der Waals surface area contributed by atoms with Gasteiger partial charge in [-0.05, 0) is 76.1 Å². The smallest absolute Gasteiger partial charge is 0.407 e. The number of nitrogens with zero attached hydrogens (tertiary/aromatic N) is 2. The van der Waals surface area contributed by atoms with Gasteiger partial charge in [0.1, 0.15) is 11.9 Å². The van der Waals surface area contributed by atoms with Gasteiger partial charge in [0.15, 0.2) is 0 Å². The highest BCUT2D eigenvalue weighted by atomic mass is 32.2. The SMILES string of the molecule is CC(C)NS(=O)(=O)c1ccc(Nc2ncc([C@H]3C[C@@H](OC(=O)NC4(C)CC4)C3)cn2)c(F)c1. The van der Waals surface area contributed by atoms with Crippen molar-refractivity contribution in [3.8, 4) is 0 Å². The summed E-state index contributed by atoms with van der Waals surface area (Å²) in [5, 5.41) is 5.64. The molecule has 1 amide bonds. The molecule has 0 unspecified atom stereocenters. The summed E-state index contributed by atoms with van der Waals surface area (Å²) in [6.07, 6.45) is 6.20. The first kappa shape index (κ1) is 23.4. The fourth-order valence-corrected chi connectivity index (χ4v) is 4.81. The third kappa shape index (κ3) is 5.77. The van der Waals surface area contributed by atoms with Crippen LogP contribution in [0.4, 0.5) is 20.8 Å². The van der Waals surface area contributed by atoms with Crippen molar-refractivity contribution in [1.82, 2.24) is 20.0 Å². The van der Waals surface area contributed by atoms with Crippen LogP contribution >= 0.6 is 0 Å². The van der Waals surface area contributed by atoms with Gasteiger partial charge in [-0.3, -0.25) is 0 Å². The molecule has 0 radical (unpaired) electrons. The first-order chi connectivity index (χ1) is 15.5. The van der Waals surface area contributed by atoms with Crippen molar-refractivity contribution >= 4 is 27.8 Å². The van der Waals surface area contributed by atoms with E-state index in [0.29, 0.717) is 12.8 Å². The van der Waals surface area contributed by atoms with Crippen LogP contribution in [-0.2, 0) is 14.8 Å². The predicted molar refractivity (Wildman–Crippen MR) is 120 cm³/mol. The molecule has 2 aliphatic rings. The minimum atomic E-state index is -3.79. The number of carbonyl (C=O) groups is 1. The van der Waals surface area contributed by atoms with Crippen molar-refractivity contribution in [3.05, 3.63) is 42.0 Å². The molecule has 0 atom stereocenters.